The lowest BCUT2D eigenvalue weighted by molar-refractivity contribution is 0.0869. The molecule has 0 aromatic heterocycles. The molecule has 1 aliphatic rings. The van der Waals surface area contributed by atoms with E-state index in [2.05, 4.69) is 42.2 Å². The molecule has 0 fully saturated rings. The molecule has 0 bridgehead atoms. The van der Waals surface area contributed by atoms with Crippen LogP contribution in [0.15, 0.2) is 30.3 Å². The highest BCUT2D eigenvalue weighted by atomic mass is 16.3. The summed E-state index contributed by atoms with van der Waals surface area (Å²) in [5.74, 6) is 0. The van der Waals surface area contributed by atoms with E-state index in [0.29, 0.717) is 0 Å². The van der Waals surface area contributed by atoms with Gasteiger partial charge in [-0.2, -0.15) is 0 Å². The first kappa shape index (κ1) is 14.6. The summed E-state index contributed by atoms with van der Waals surface area (Å²) in [6.45, 7) is 2.08. The van der Waals surface area contributed by atoms with Crippen LogP contribution in [0, 0.1) is 0 Å². The largest absolute Gasteiger partial charge is 0.387 e. The number of nitrogens with zero attached hydrogens (tertiary/aromatic N) is 1. The van der Waals surface area contributed by atoms with E-state index in [1.54, 1.807) is 0 Å². The molecule has 0 heterocycles. The number of benzene rings is 2. The van der Waals surface area contributed by atoms with Crippen LogP contribution in [0.2, 0.25) is 0 Å². The molecule has 0 amide bonds. The molecular weight excluding hydrogens is 258 g/mol. The van der Waals surface area contributed by atoms with Crippen LogP contribution >= 0.6 is 0 Å². The molecule has 112 valence electrons. The summed E-state index contributed by atoms with van der Waals surface area (Å²) in [5.41, 5.74) is 4.04. The average molecular weight is 283 g/mol. The van der Waals surface area contributed by atoms with E-state index >= 15 is 0 Å². The Morgan fingerprint density at radius 1 is 1.05 bits per heavy atom. The molecule has 0 spiro atoms. The number of aryl methyl sites for hydroxylation is 2. The molecule has 0 saturated carbocycles. The Morgan fingerprint density at radius 2 is 1.71 bits per heavy atom. The molecule has 2 aromatic carbocycles. The van der Waals surface area contributed by atoms with Gasteiger partial charge in [0.15, 0.2) is 0 Å². The number of likely N-dealkylation sites (N-methyl/N-ethyl adjacent to an activating group) is 1. The number of hydrogen-bond acceptors (Lipinski definition) is 2. The first-order valence-corrected chi connectivity index (χ1v) is 7.97. The normalized spacial score (nSPS) is 17.8. The van der Waals surface area contributed by atoms with Gasteiger partial charge >= 0.3 is 0 Å². The zero-order valence-electron chi connectivity index (χ0n) is 13.3. The zero-order valence-corrected chi connectivity index (χ0v) is 13.3. The quantitative estimate of drug-likeness (QED) is 0.928. The van der Waals surface area contributed by atoms with Crippen molar-refractivity contribution in [1.82, 2.24) is 4.90 Å². The van der Waals surface area contributed by atoms with Crippen molar-refractivity contribution < 1.29 is 5.11 Å². The second-order valence-electron chi connectivity index (χ2n) is 6.51. The van der Waals surface area contributed by atoms with Crippen molar-refractivity contribution in [2.75, 3.05) is 14.1 Å². The van der Waals surface area contributed by atoms with Crippen molar-refractivity contribution in [3.05, 3.63) is 47.0 Å². The van der Waals surface area contributed by atoms with Crippen LogP contribution in [0.3, 0.4) is 0 Å². The van der Waals surface area contributed by atoms with Crippen molar-refractivity contribution in [2.24, 2.45) is 0 Å². The lowest BCUT2D eigenvalue weighted by atomic mass is 9.84. The van der Waals surface area contributed by atoms with E-state index in [1.165, 1.54) is 41.2 Å². The number of aliphatic hydroxyl groups is 1. The minimum atomic E-state index is -0.447. The summed E-state index contributed by atoms with van der Waals surface area (Å²) in [6.07, 6.45) is 4.43. The first-order valence-electron chi connectivity index (χ1n) is 7.97. The van der Waals surface area contributed by atoms with Gasteiger partial charge in [0.05, 0.1) is 6.10 Å². The van der Waals surface area contributed by atoms with E-state index in [0.717, 1.165) is 12.0 Å². The highest BCUT2D eigenvalue weighted by Crippen LogP contribution is 2.35. The van der Waals surface area contributed by atoms with E-state index < -0.39 is 6.10 Å². The molecule has 0 saturated heterocycles. The topological polar surface area (TPSA) is 23.5 Å². The minimum absolute atomic E-state index is 0.107. The molecule has 1 aliphatic carbocycles. The fourth-order valence-electron chi connectivity index (χ4n) is 3.45. The van der Waals surface area contributed by atoms with E-state index in [4.69, 9.17) is 0 Å². The van der Waals surface area contributed by atoms with E-state index in [-0.39, 0.29) is 6.04 Å². The van der Waals surface area contributed by atoms with Crippen molar-refractivity contribution in [2.45, 2.75) is 44.8 Å². The Hall–Kier alpha value is -1.38. The standard InChI is InChI=1S/C19H25NO/c1-13(20(2)3)19(21)18-12-14-8-4-5-9-15(14)16-10-6-7-11-17(16)18/h6-7,10-13,19,21H,4-5,8-9H2,1-3H3/t13-,19+/m1/s1. The first-order chi connectivity index (χ1) is 10.1. The molecule has 2 heteroatoms. The molecule has 2 atom stereocenters. The Morgan fingerprint density at radius 3 is 2.43 bits per heavy atom. The highest BCUT2D eigenvalue weighted by molar-refractivity contribution is 5.90. The predicted octanol–water partition coefficient (Wildman–Crippen LogP) is 3.70. The third kappa shape index (κ3) is 2.58. The van der Waals surface area contributed by atoms with Crippen LogP contribution in [0.4, 0.5) is 0 Å². The van der Waals surface area contributed by atoms with Crippen molar-refractivity contribution in [3.8, 4) is 0 Å². The number of aliphatic hydroxyl groups excluding tert-OH is 1. The third-order valence-corrected chi connectivity index (χ3v) is 4.99. The Kier molecular flexibility index (Phi) is 4.01. The van der Waals surface area contributed by atoms with Gasteiger partial charge in [-0.3, -0.25) is 0 Å². The lowest BCUT2D eigenvalue weighted by Gasteiger charge is -2.28. The van der Waals surface area contributed by atoms with Crippen LogP contribution in [-0.4, -0.2) is 30.1 Å². The molecule has 0 unspecified atom stereocenters. The lowest BCUT2D eigenvalue weighted by Crippen LogP contribution is -2.31. The highest BCUT2D eigenvalue weighted by Gasteiger charge is 2.23. The summed E-state index contributed by atoms with van der Waals surface area (Å²) in [4.78, 5) is 2.08. The fraction of sp³-hybridized carbons (Fsp3) is 0.474. The monoisotopic (exact) mass is 283 g/mol. The van der Waals surface area contributed by atoms with Gasteiger partial charge in [0, 0.05) is 6.04 Å². The summed E-state index contributed by atoms with van der Waals surface area (Å²) >= 11 is 0. The van der Waals surface area contributed by atoms with E-state index in [9.17, 15) is 5.11 Å². The predicted molar refractivity (Wildman–Crippen MR) is 88.7 cm³/mol. The second kappa shape index (κ2) is 5.78. The molecular formula is C19H25NO. The Bertz CT molecular complexity index is 647. The van der Waals surface area contributed by atoms with Crippen LogP contribution in [0.5, 0.6) is 0 Å². The maximum atomic E-state index is 10.8. The summed E-state index contributed by atoms with van der Waals surface area (Å²) in [6, 6.07) is 10.9. The van der Waals surface area contributed by atoms with Gasteiger partial charge in [-0.05, 0) is 74.2 Å². The molecule has 0 aliphatic heterocycles. The van der Waals surface area contributed by atoms with E-state index in [1.807, 2.05) is 14.1 Å². The van der Waals surface area contributed by atoms with Gasteiger partial charge in [-0.15, -0.1) is 0 Å². The SMILES string of the molecule is C[C@H]([C@H](O)c1cc2c(c3ccccc13)CCCC2)N(C)C. The smallest absolute Gasteiger partial charge is 0.0948 e. The summed E-state index contributed by atoms with van der Waals surface area (Å²) in [7, 11) is 4.04. The van der Waals surface area contributed by atoms with Gasteiger partial charge < -0.3 is 10.0 Å². The molecule has 0 radical (unpaired) electrons. The number of fused-ring (bicyclic) bond motifs is 3. The van der Waals surface area contributed by atoms with Gasteiger partial charge in [0.1, 0.15) is 0 Å². The maximum Gasteiger partial charge on any atom is 0.0948 e. The zero-order chi connectivity index (χ0) is 15.0. The van der Waals surface area contributed by atoms with Crippen LogP contribution in [0.1, 0.15) is 42.6 Å². The molecule has 21 heavy (non-hydrogen) atoms. The van der Waals surface area contributed by atoms with Gasteiger partial charge in [0.25, 0.3) is 0 Å². The minimum Gasteiger partial charge on any atom is -0.387 e. The van der Waals surface area contributed by atoms with Crippen LogP contribution in [-0.2, 0) is 12.8 Å². The Balaban J connectivity index is 2.18. The van der Waals surface area contributed by atoms with Crippen molar-refractivity contribution >= 4 is 10.8 Å². The molecule has 2 aromatic rings. The Labute approximate surface area is 127 Å². The number of hydrogen-bond donors (Lipinski definition) is 1. The number of rotatable bonds is 3. The molecule has 3 rings (SSSR count). The van der Waals surface area contributed by atoms with Gasteiger partial charge in [-0.25, -0.2) is 0 Å². The average Bonchev–Trinajstić information content (AvgIpc) is 2.52. The third-order valence-electron chi connectivity index (χ3n) is 4.99. The summed E-state index contributed by atoms with van der Waals surface area (Å²) < 4.78 is 0. The molecule has 2 nitrogen and oxygen atoms in total. The maximum absolute atomic E-state index is 10.8. The van der Waals surface area contributed by atoms with Gasteiger partial charge in [0.2, 0.25) is 0 Å². The van der Waals surface area contributed by atoms with Crippen molar-refractivity contribution in [1.29, 1.82) is 0 Å². The second-order valence-corrected chi connectivity index (χ2v) is 6.51. The van der Waals surface area contributed by atoms with Gasteiger partial charge in [-0.1, -0.05) is 30.3 Å². The van der Waals surface area contributed by atoms with Crippen molar-refractivity contribution in [3.63, 3.8) is 0 Å². The van der Waals surface area contributed by atoms with Crippen LogP contribution in [0.25, 0.3) is 10.8 Å². The fourth-order valence-corrected chi connectivity index (χ4v) is 3.45. The van der Waals surface area contributed by atoms with Crippen LogP contribution < -0.4 is 0 Å². The molecule has 1 N–H and O–H groups in total. The summed E-state index contributed by atoms with van der Waals surface area (Å²) in [5, 5.41) is 13.4.